The molecule has 0 aliphatic rings. The van der Waals surface area contributed by atoms with Crippen LogP contribution < -0.4 is 0 Å². The Morgan fingerprint density at radius 2 is 2.13 bits per heavy atom. The van der Waals surface area contributed by atoms with Gasteiger partial charge >= 0.3 is 6.16 Å². The number of hydrogen-bond donors (Lipinski definition) is 1. The lowest BCUT2D eigenvalue weighted by Crippen LogP contribution is -2.28. The number of carbonyl (C=O) groups excluding carboxylic acids is 1. The minimum absolute atomic E-state index is 0.0265. The van der Waals surface area contributed by atoms with E-state index in [1.54, 1.807) is 26.8 Å². The molecule has 0 unspecified atom stereocenters. The normalized spacial score (nSPS) is 13.1. The predicted molar refractivity (Wildman–Crippen MR) is 57.6 cm³/mol. The largest absolute Gasteiger partial charge is 0.509 e. The summed E-state index contributed by atoms with van der Waals surface area (Å²) in [6.07, 6.45) is 1.49. The molecule has 4 heteroatoms. The van der Waals surface area contributed by atoms with Gasteiger partial charge in [0.2, 0.25) is 0 Å². The second-order valence-electron chi connectivity index (χ2n) is 4.24. The second-order valence-corrected chi connectivity index (χ2v) is 4.24. The van der Waals surface area contributed by atoms with Gasteiger partial charge < -0.3 is 14.6 Å². The summed E-state index contributed by atoms with van der Waals surface area (Å²) in [7, 11) is 0. The molecule has 0 aliphatic heterocycles. The molecule has 1 N–H and O–H groups in total. The first kappa shape index (κ1) is 14.0. The van der Waals surface area contributed by atoms with E-state index in [-0.39, 0.29) is 12.7 Å². The highest BCUT2D eigenvalue weighted by molar-refractivity contribution is 5.60. The number of hydrogen-bond acceptors (Lipinski definition) is 4. The minimum Gasteiger partial charge on any atom is -0.431 e. The van der Waals surface area contributed by atoms with Crippen molar-refractivity contribution in [3.05, 3.63) is 12.7 Å². The molecule has 1 atom stereocenters. The van der Waals surface area contributed by atoms with Crippen LogP contribution in [0.5, 0.6) is 0 Å². The van der Waals surface area contributed by atoms with Gasteiger partial charge in [0.1, 0.15) is 11.7 Å². The van der Waals surface area contributed by atoms with Crippen molar-refractivity contribution in [2.45, 2.75) is 45.3 Å². The summed E-state index contributed by atoms with van der Waals surface area (Å²) in [5.41, 5.74) is -0.560. The molecule has 4 nitrogen and oxygen atoms in total. The van der Waals surface area contributed by atoms with Gasteiger partial charge in [0.25, 0.3) is 0 Å². The summed E-state index contributed by atoms with van der Waals surface area (Å²) in [6.45, 7) is 8.82. The van der Waals surface area contributed by atoms with E-state index in [0.29, 0.717) is 12.8 Å². The molecule has 0 rings (SSSR count). The average molecular weight is 216 g/mol. The number of ether oxygens (including phenoxy) is 2. The van der Waals surface area contributed by atoms with Crippen LogP contribution in [0.2, 0.25) is 0 Å². The SMILES string of the molecule is C=CC[C@@H](CCO)OC(=O)OC(C)(C)C. The third kappa shape index (κ3) is 8.00. The van der Waals surface area contributed by atoms with Gasteiger partial charge in [0, 0.05) is 19.4 Å². The Hall–Kier alpha value is -1.03. The molecular formula is C11H20O4. The fourth-order valence-corrected chi connectivity index (χ4v) is 0.965. The number of aliphatic hydroxyl groups is 1. The first-order valence-electron chi connectivity index (χ1n) is 5.00. The molecule has 0 amide bonds. The molecule has 0 aromatic carbocycles. The fraction of sp³-hybridized carbons (Fsp3) is 0.727. The van der Waals surface area contributed by atoms with Crippen molar-refractivity contribution in [2.24, 2.45) is 0 Å². The van der Waals surface area contributed by atoms with Gasteiger partial charge in [0.05, 0.1) is 0 Å². The Bertz CT molecular complexity index is 205. The van der Waals surface area contributed by atoms with Gasteiger partial charge in [-0.3, -0.25) is 0 Å². The lowest BCUT2D eigenvalue weighted by Gasteiger charge is -2.21. The maximum Gasteiger partial charge on any atom is 0.509 e. The van der Waals surface area contributed by atoms with Crippen LogP contribution in [0.3, 0.4) is 0 Å². The van der Waals surface area contributed by atoms with E-state index >= 15 is 0 Å². The van der Waals surface area contributed by atoms with E-state index in [0.717, 1.165) is 0 Å². The van der Waals surface area contributed by atoms with Crippen LogP contribution in [0.4, 0.5) is 4.79 Å². The van der Waals surface area contributed by atoms with Crippen molar-refractivity contribution in [3.8, 4) is 0 Å². The van der Waals surface area contributed by atoms with Gasteiger partial charge in [-0.25, -0.2) is 4.79 Å². The van der Waals surface area contributed by atoms with Crippen LogP contribution >= 0.6 is 0 Å². The first-order chi connectivity index (χ1) is 6.89. The summed E-state index contributed by atoms with van der Waals surface area (Å²) in [5, 5.41) is 8.74. The highest BCUT2D eigenvalue weighted by atomic mass is 16.7. The first-order valence-corrected chi connectivity index (χ1v) is 5.00. The van der Waals surface area contributed by atoms with E-state index < -0.39 is 11.8 Å². The van der Waals surface area contributed by atoms with Crippen LogP contribution in [0.25, 0.3) is 0 Å². The lowest BCUT2D eigenvalue weighted by atomic mass is 10.2. The highest BCUT2D eigenvalue weighted by Gasteiger charge is 2.20. The van der Waals surface area contributed by atoms with E-state index in [1.165, 1.54) is 0 Å². The quantitative estimate of drug-likeness (QED) is 0.565. The van der Waals surface area contributed by atoms with E-state index in [9.17, 15) is 4.79 Å². The summed E-state index contributed by atoms with van der Waals surface area (Å²) in [4.78, 5) is 11.3. The monoisotopic (exact) mass is 216 g/mol. The third-order valence-electron chi connectivity index (χ3n) is 1.53. The Labute approximate surface area is 90.9 Å². The van der Waals surface area contributed by atoms with Crippen molar-refractivity contribution in [3.63, 3.8) is 0 Å². The number of rotatable bonds is 5. The van der Waals surface area contributed by atoms with Crippen LogP contribution in [0.15, 0.2) is 12.7 Å². The van der Waals surface area contributed by atoms with E-state index in [1.807, 2.05) is 0 Å². The van der Waals surface area contributed by atoms with Gasteiger partial charge in [-0.2, -0.15) is 0 Å². The Morgan fingerprint density at radius 1 is 1.53 bits per heavy atom. The van der Waals surface area contributed by atoms with Crippen molar-refractivity contribution in [2.75, 3.05) is 6.61 Å². The molecule has 0 bridgehead atoms. The van der Waals surface area contributed by atoms with Crippen molar-refractivity contribution in [1.29, 1.82) is 0 Å². The van der Waals surface area contributed by atoms with E-state index in [4.69, 9.17) is 14.6 Å². The maximum atomic E-state index is 11.3. The summed E-state index contributed by atoms with van der Waals surface area (Å²) in [5.74, 6) is 0. The average Bonchev–Trinajstić information content (AvgIpc) is 2.00. The van der Waals surface area contributed by atoms with Crippen molar-refractivity contribution < 1.29 is 19.4 Å². The van der Waals surface area contributed by atoms with Crippen LogP contribution in [-0.4, -0.2) is 29.6 Å². The van der Waals surface area contributed by atoms with Gasteiger partial charge in [-0.15, -0.1) is 6.58 Å². The molecule has 0 spiro atoms. The molecule has 0 radical (unpaired) electrons. The topological polar surface area (TPSA) is 55.8 Å². The maximum absolute atomic E-state index is 11.3. The standard InChI is InChI=1S/C11H20O4/c1-5-6-9(7-8-12)14-10(13)15-11(2,3)4/h5,9,12H,1,6-8H2,2-4H3/t9-/m0/s1. The smallest absolute Gasteiger partial charge is 0.431 e. The second kappa shape index (κ2) is 6.45. The molecular weight excluding hydrogens is 196 g/mol. The molecule has 0 saturated heterocycles. The molecule has 0 aromatic rings. The van der Waals surface area contributed by atoms with Crippen molar-refractivity contribution >= 4 is 6.16 Å². The van der Waals surface area contributed by atoms with Gasteiger partial charge in [0.15, 0.2) is 0 Å². The summed E-state index contributed by atoms with van der Waals surface area (Å²) in [6, 6.07) is 0. The molecule has 0 saturated carbocycles. The third-order valence-corrected chi connectivity index (χ3v) is 1.53. The Morgan fingerprint density at radius 3 is 2.53 bits per heavy atom. The summed E-state index contributed by atoms with van der Waals surface area (Å²) >= 11 is 0. The minimum atomic E-state index is -0.706. The Kier molecular flexibility index (Phi) is 6.01. The molecule has 0 fully saturated rings. The Balaban J connectivity index is 4.04. The zero-order valence-corrected chi connectivity index (χ0v) is 9.66. The number of aliphatic hydroxyl groups excluding tert-OH is 1. The fourth-order valence-electron chi connectivity index (χ4n) is 0.965. The van der Waals surface area contributed by atoms with Crippen molar-refractivity contribution in [1.82, 2.24) is 0 Å². The lowest BCUT2D eigenvalue weighted by molar-refractivity contribution is -0.0299. The molecule has 15 heavy (non-hydrogen) atoms. The number of carbonyl (C=O) groups is 1. The van der Waals surface area contributed by atoms with Gasteiger partial charge in [-0.05, 0) is 20.8 Å². The molecule has 0 aliphatic carbocycles. The zero-order valence-electron chi connectivity index (χ0n) is 9.66. The molecule has 88 valence electrons. The highest BCUT2D eigenvalue weighted by Crippen LogP contribution is 2.11. The summed E-state index contributed by atoms with van der Waals surface area (Å²) < 4.78 is 10.00. The van der Waals surface area contributed by atoms with Crippen LogP contribution in [-0.2, 0) is 9.47 Å². The van der Waals surface area contributed by atoms with Crippen LogP contribution in [0, 0.1) is 0 Å². The van der Waals surface area contributed by atoms with Crippen LogP contribution in [0.1, 0.15) is 33.6 Å². The zero-order chi connectivity index (χ0) is 11.9. The molecule has 0 aromatic heterocycles. The van der Waals surface area contributed by atoms with Gasteiger partial charge in [-0.1, -0.05) is 6.08 Å². The molecule has 0 heterocycles. The predicted octanol–water partition coefficient (Wildman–Crippen LogP) is 2.27. The van der Waals surface area contributed by atoms with E-state index in [2.05, 4.69) is 6.58 Å².